The molecular weight excluding hydrogens is 352 g/mol. The van der Waals surface area contributed by atoms with Crippen molar-refractivity contribution in [3.8, 4) is 5.75 Å². The zero-order chi connectivity index (χ0) is 20.4. The van der Waals surface area contributed by atoms with Gasteiger partial charge >= 0.3 is 0 Å². The molecule has 4 heteroatoms. The van der Waals surface area contributed by atoms with Gasteiger partial charge in [0.2, 0.25) is 0 Å². The molecule has 3 rings (SSSR count). The van der Waals surface area contributed by atoms with E-state index >= 15 is 0 Å². The lowest BCUT2D eigenvalue weighted by atomic mass is 9.59. The Balaban J connectivity index is 1.95. The Morgan fingerprint density at radius 1 is 0.929 bits per heavy atom. The number of carbonyl (C=O) groups excluding carboxylic acids is 3. The van der Waals surface area contributed by atoms with Crippen LogP contribution in [0, 0.1) is 10.8 Å². The quantitative estimate of drug-likeness (QED) is 0.550. The minimum Gasteiger partial charge on any atom is -0.497 e. The average Bonchev–Trinajstić information content (AvgIpc) is 2.66. The van der Waals surface area contributed by atoms with Gasteiger partial charge in [0.05, 0.1) is 12.5 Å². The Morgan fingerprint density at radius 2 is 1.50 bits per heavy atom. The van der Waals surface area contributed by atoms with Crippen LogP contribution in [-0.4, -0.2) is 24.5 Å². The van der Waals surface area contributed by atoms with E-state index in [2.05, 4.69) is 0 Å². The summed E-state index contributed by atoms with van der Waals surface area (Å²) in [6.07, 6.45) is 0.786. The van der Waals surface area contributed by atoms with Gasteiger partial charge in [-0.1, -0.05) is 44.2 Å². The van der Waals surface area contributed by atoms with Crippen LogP contribution in [0.1, 0.15) is 49.0 Å². The SMILES string of the molecule is COc1ccc(C(=O)CC2(Cc3ccccc3)C(=O)CC(C)(C)CC2=O)cc1. The average molecular weight is 378 g/mol. The highest BCUT2D eigenvalue weighted by Crippen LogP contribution is 2.44. The number of carbonyl (C=O) groups is 3. The molecule has 0 saturated heterocycles. The zero-order valence-corrected chi connectivity index (χ0v) is 16.7. The third kappa shape index (κ3) is 4.06. The number of ether oxygens (including phenoxy) is 1. The number of ketones is 3. The molecule has 0 atom stereocenters. The largest absolute Gasteiger partial charge is 0.497 e. The lowest BCUT2D eigenvalue weighted by Crippen LogP contribution is -2.50. The highest BCUT2D eigenvalue weighted by atomic mass is 16.5. The second-order valence-electron chi connectivity index (χ2n) is 8.44. The lowest BCUT2D eigenvalue weighted by molar-refractivity contribution is -0.148. The fourth-order valence-electron chi connectivity index (χ4n) is 3.98. The molecule has 0 bridgehead atoms. The molecule has 4 nitrogen and oxygen atoms in total. The lowest BCUT2D eigenvalue weighted by Gasteiger charge is -2.40. The van der Waals surface area contributed by atoms with Crippen molar-refractivity contribution in [2.45, 2.75) is 39.5 Å². The Morgan fingerprint density at radius 3 is 2.04 bits per heavy atom. The normalized spacial score (nSPS) is 18.0. The number of Topliss-reactive ketones (excluding diaryl/α,β-unsaturated/α-hetero) is 3. The monoisotopic (exact) mass is 378 g/mol. The molecule has 1 saturated carbocycles. The van der Waals surface area contributed by atoms with E-state index in [9.17, 15) is 14.4 Å². The first kappa shape index (κ1) is 20.0. The summed E-state index contributed by atoms with van der Waals surface area (Å²) in [5.41, 5.74) is -0.268. The summed E-state index contributed by atoms with van der Waals surface area (Å²) >= 11 is 0. The molecule has 0 heterocycles. The third-order valence-electron chi connectivity index (χ3n) is 5.57. The summed E-state index contributed by atoms with van der Waals surface area (Å²) in [5.74, 6) is 0.209. The standard InChI is InChI=1S/C24H26O4/c1-23(2)15-21(26)24(22(27)16-23,13-17-7-5-4-6-8-17)14-20(25)18-9-11-19(28-3)12-10-18/h4-12H,13-16H2,1-3H3. The van der Waals surface area contributed by atoms with Gasteiger partial charge in [0.25, 0.3) is 0 Å². The van der Waals surface area contributed by atoms with Crippen LogP contribution in [0.3, 0.4) is 0 Å². The zero-order valence-electron chi connectivity index (χ0n) is 16.7. The number of hydrogen-bond acceptors (Lipinski definition) is 4. The molecule has 2 aromatic rings. The molecule has 0 aliphatic heterocycles. The maximum absolute atomic E-state index is 13.2. The summed E-state index contributed by atoms with van der Waals surface area (Å²) in [6.45, 7) is 3.86. The highest BCUT2D eigenvalue weighted by Gasteiger charge is 2.52. The van der Waals surface area contributed by atoms with E-state index in [1.165, 1.54) is 0 Å². The maximum atomic E-state index is 13.2. The third-order valence-corrected chi connectivity index (χ3v) is 5.57. The summed E-state index contributed by atoms with van der Waals surface area (Å²) in [4.78, 5) is 39.5. The Bertz CT molecular complexity index is 859. The van der Waals surface area contributed by atoms with Crippen LogP contribution in [0.15, 0.2) is 54.6 Å². The van der Waals surface area contributed by atoms with Crippen molar-refractivity contribution in [2.24, 2.45) is 10.8 Å². The van der Waals surface area contributed by atoms with Crippen molar-refractivity contribution < 1.29 is 19.1 Å². The summed E-state index contributed by atoms with van der Waals surface area (Å²) in [5, 5.41) is 0. The van der Waals surface area contributed by atoms with Crippen molar-refractivity contribution in [3.63, 3.8) is 0 Å². The van der Waals surface area contributed by atoms with Crippen LogP contribution in [-0.2, 0) is 16.0 Å². The molecule has 146 valence electrons. The second-order valence-corrected chi connectivity index (χ2v) is 8.44. The van der Waals surface area contributed by atoms with E-state index < -0.39 is 5.41 Å². The predicted molar refractivity (Wildman–Crippen MR) is 108 cm³/mol. The van der Waals surface area contributed by atoms with E-state index in [0.29, 0.717) is 24.2 Å². The minimum atomic E-state index is -1.28. The Kier molecular flexibility index (Phi) is 5.50. The van der Waals surface area contributed by atoms with E-state index in [4.69, 9.17) is 4.74 Å². The number of benzene rings is 2. The summed E-state index contributed by atoms with van der Waals surface area (Å²) in [7, 11) is 1.56. The van der Waals surface area contributed by atoms with Crippen molar-refractivity contribution >= 4 is 17.3 Å². The maximum Gasteiger partial charge on any atom is 0.164 e. The van der Waals surface area contributed by atoms with Gasteiger partial charge in [-0.3, -0.25) is 14.4 Å². The van der Waals surface area contributed by atoms with E-state index in [0.717, 1.165) is 5.56 Å². The Hall–Kier alpha value is -2.75. The second kappa shape index (κ2) is 7.70. The molecule has 0 unspecified atom stereocenters. The molecule has 0 amide bonds. The molecule has 1 fully saturated rings. The molecular formula is C24H26O4. The van der Waals surface area contributed by atoms with Gasteiger partial charge in [-0.2, -0.15) is 0 Å². The van der Waals surface area contributed by atoms with Gasteiger partial charge in [0.15, 0.2) is 5.78 Å². The van der Waals surface area contributed by atoms with Crippen LogP contribution < -0.4 is 4.74 Å². The van der Waals surface area contributed by atoms with Crippen LogP contribution in [0.4, 0.5) is 0 Å². The molecule has 0 spiro atoms. The van der Waals surface area contributed by atoms with Gasteiger partial charge in [-0.15, -0.1) is 0 Å². The molecule has 2 aromatic carbocycles. The molecule has 1 aliphatic carbocycles. The molecule has 0 aromatic heterocycles. The van der Waals surface area contributed by atoms with Gasteiger partial charge < -0.3 is 4.74 Å². The molecule has 28 heavy (non-hydrogen) atoms. The first-order chi connectivity index (χ1) is 13.3. The van der Waals surface area contributed by atoms with Crippen molar-refractivity contribution in [1.82, 2.24) is 0 Å². The van der Waals surface area contributed by atoms with Gasteiger partial charge in [0, 0.05) is 24.8 Å². The van der Waals surface area contributed by atoms with Crippen molar-refractivity contribution in [2.75, 3.05) is 7.11 Å². The van der Waals surface area contributed by atoms with Gasteiger partial charge in [-0.25, -0.2) is 0 Å². The van der Waals surface area contributed by atoms with Crippen molar-refractivity contribution in [1.29, 1.82) is 0 Å². The number of hydrogen-bond donors (Lipinski definition) is 0. The van der Waals surface area contributed by atoms with Crippen LogP contribution in [0.25, 0.3) is 0 Å². The first-order valence-corrected chi connectivity index (χ1v) is 9.54. The fraction of sp³-hybridized carbons (Fsp3) is 0.375. The number of methoxy groups -OCH3 is 1. The topological polar surface area (TPSA) is 60.4 Å². The Labute approximate surface area is 165 Å². The van der Waals surface area contributed by atoms with Gasteiger partial charge in [0.1, 0.15) is 17.3 Å². The smallest absolute Gasteiger partial charge is 0.164 e. The van der Waals surface area contributed by atoms with Gasteiger partial charge in [-0.05, 0) is 41.7 Å². The van der Waals surface area contributed by atoms with E-state index in [1.807, 2.05) is 44.2 Å². The van der Waals surface area contributed by atoms with Crippen LogP contribution >= 0.6 is 0 Å². The summed E-state index contributed by atoms with van der Waals surface area (Å²) < 4.78 is 5.14. The predicted octanol–water partition coefficient (Wildman–Crippen LogP) is 4.46. The fourth-order valence-corrected chi connectivity index (χ4v) is 3.98. The minimum absolute atomic E-state index is 0.0953. The highest BCUT2D eigenvalue weighted by molar-refractivity contribution is 6.14. The first-order valence-electron chi connectivity index (χ1n) is 9.54. The van der Waals surface area contributed by atoms with Crippen molar-refractivity contribution in [3.05, 3.63) is 65.7 Å². The molecule has 1 aliphatic rings. The van der Waals surface area contributed by atoms with E-state index in [1.54, 1.807) is 31.4 Å². The summed E-state index contributed by atoms with van der Waals surface area (Å²) in [6, 6.07) is 16.3. The molecule has 0 radical (unpaired) electrons. The van der Waals surface area contributed by atoms with Crippen LogP contribution in [0.2, 0.25) is 0 Å². The molecule has 0 N–H and O–H groups in total. The van der Waals surface area contributed by atoms with Crippen LogP contribution in [0.5, 0.6) is 5.75 Å². The van der Waals surface area contributed by atoms with E-state index in [-0.39, 0.29) is 35.6 Å². The number of rotatable bonds is 6.